The molecule has 0 aliphatic heterocycles. The van der Waals surface area contributed by atoms with Crippen molar-refractivity contribution >= 4 is 34.3 Å². The van der Waals surface area contributed by atoms with E-state index < -0.39 is 0 Å². The Morgan fingerprint density at radius 1 is 1.17 bits per heavy atom. The summed E-state index contributed by atoms with van der Waals surface area (Å²) >= 11 is 5.99. The topological polar surface area (TPSA) is 95.2 Å². The molecule has 3 aromatic rings. The molecule has 0 spiro atoms. The van der Waals surface area contributed by atoms with E-state index in [1.807, 2.05) is 13.0 Å². The molecule has 2 N–H and O–H groups in total. The number of aromatic nitrogens is 2. The van der Waals surface area contributed by atoms with Gasteiger partial charge in [0.25, 0.3) is 11.5 Å². The van der Waals surface area contributed by atoms with Crippen LogP contribution in [0, 0.1) is 0 Å². The van der Waals surface area contributed by atoms with E-state index in [1.165, 1.54) is 0 Å². The summed E-state index contributed by atoms with van der Waals surface area (Å²) in [6, 6.07) is 13.5. The van der Waals surface area contributed by atoms with Gasteiger partial charge in [-0.1, -0.05) is 36.7 Å². The van der Waals surface area contributed by atoms with Crippen LogP contribution >= 0.6 is 11.6 Å². The summed E-state index contributed by atoms with van der Waals surface area (Å²) in [5.41, 5.74) is 0.667. The van der Waals surface area contributed by atoms with Crippen LogP contribution in [0.2, 0.25) is 5.02 Å². The lowest BCUT2D eigenvalue weighted by Gasteiger charge is -2.22. The summed E-state index contributed by atoms with van der Waals surface area (Å²) in [6.45, 7) is 2.40. The van der Waals surface area contributed by atoms with Crippen molar-refractivity contribution in [3.05, 3.63) is 75.3 Å². The summed E-state index contributed by atoms with van der Waals surface area (Å²) in [6.07, 6.45) is 0.724. The lowest BCUT2D eigenvalue weighted by atomic mass is 10.2. The molecule has 0 unspecified atom stereocenters. The number of carbonyl (C=O) groups excluding carboxylic acids is 2. The second kappa shape index (κ2) is 9.34. The Kier molecular flexibility index (Phi) is 6.61. The molecule has 2 aromatic carbocycles. The maximum Gasteiger partial charge on any atom is 0.258 e. The Morgan fingerprint density at radius 2 is 1.93 bits per heavy atom. The smallest absolute Gasteiger partial charge is 0.258 e. The van der Waals surface area contributed by atoms with Gasteiger partial charge in [-0.3, -0.25) is 14.4 Å². The quantitative estimate of drug-likeness (QED) is 0.623. The van der Waals surface area contributed by atoms with Crippen LogP contribution in [-0.2, 0) is 11.3 Å². The first-order chi connectivity index (χ1) is 14.0. The number of benzene rings is 2. The number of halogens is 1. The molecule has 1 aromatic heterocycles. The van der Waals surface area contributed by atoms with Gasteiger partial charge in [-0.15, -0.1) is 0 Å². The van der Waals surface area contributed by atoms with E-state index >= 15 is 0 Å². The number of hydrogen-bond donors (Lipinski definition) is 2. The van der Waals surface area contributed by atoms with Crippen molar-refractivity contribution in [3.63, 3.8) is 0 Å². The highest BCUT2D eigenvalue weighted by Crippen LogP contribution is 2.15. The molecule has 0 atom stereocenters. The minimum atomic E-state index is -0.317. The fourth-order valence-electron chi connectivity index (χ4n) is 2.94. The Labute approximate surface area is 172 Å². The maximum atomic E-state index is 12.6. The molecule has 29 heavy (non-hydrogen) atoms. The highest BCUT2D eigenvalue weighted by Gasteiger charge is 2.16. The van der Waals surface area contributed by atoms with E-state index in [-0.39, 0.29) is 30.5 Å². The molecular formula is C21H21ClN4O3. The predicted molar refractivity (Wildman–Crippen MR) is 112 cm³/mol. The minimum absolute atomic E-state index is 0.131. The molecule has 0 aliphatic carbocycles. The van der Waals surface area contributed by atoms with Crippen LogP contribution in [0.4, 0.5) is 0 Å². The van der Waals surface area contributed by atoms with Gasteiger partial charge >= 0.3 is 0 Å². The predicted octanol–water partition coefficient (Wildman–Crippen LogP) is 2.75. The summed E-state index contributed by atoms with van der Waals surface area (Å²) in [7, 11) is 0. The summed E-state index contributed by atoms with van der Waals surface area (Å²) in [5.74, 6) is -0.215. The Bertz CT molecular complexity index is 1080. The Hall–Kier alpha value is -3.19. The third-order valence-corrected chi connectivity index (χ3v) is 4.58. The van der Waals surface area contributed by atoms with Crippen molar-refractivity contribution < 1.29 is 9.59 Å². The highest BCUT2D eigenvalue weighted by molar-refractivity contribution is 6.31. The monoisotopic (exact) mass is 412 g/mol. The van der Waals surface area contributed by atoms with Gasteiger partial charge in [0.15, 0.2) is 0 Å². The fraction of sp³-hybridized carbons (Fsp3) is 0.238. The van der Waals surface area contributed by atoms with E-state index in [1.54, 1.807) is 47.4 Å². The molecule has 2 amide bonds. The van der Waals surface area contributed by atoms with Crippen LogP contribution < -0.4 is 10.9 Å². The molecule has 0 saturated heterocycles. The highest BCUT2D eigenvalue weighted by atomic mass is 35.5. The number of rotatable bonds is 7. The van der Waals surface area contributed by atoms with Crippen molar-refractivity contribution in [1.82, 2.24) is 20.2 Å². The largest absolute Gasteiger partial charge is 0.343 e. The van der Waals surface area contributed by atoms with Crippen LogP contribution in [0.15, 0.2) is 53.3 Å². The number of aromatic amines is 1. The molecule has 1 heterocycles. The molecule has 8 heteroatoms. The first-order valence-electron chi connectivity index (χ1n) is 9.27. The Morgan fingerprint density at radius 3 is 2.66 bits per heavy atom. The number of amides is 2. The molecular weight excluding hydrogens is 392 g/mol. The number of nitrogens with one attached hydrogen (secondary N) is 2. The second-order valence-corrected chi connectivity index (χ2v) is 6.97. The first-order valence-corrected chi connectivity index (χ1v) is 9.65. The van der Waals surface area contributed by atoms with Crippen LogP contribution in [0.1, 0.15) is 29.5 Å². The Balaban J connectivity index is 1.72. The summed E-state index contributed by atoms with van der Waals surface area (Å²) in [4.78, 5) is 45.8. The van der Waals surface area contributed by atoms with Crippen molar-refractivity contribution in [2.45, 2.75) is 19.9 Å². The van der Waals surface area contributed by atoms with Gasteiger partial charge in [0.05, 0.1) is 24.0 Å². The number of fused-ring (bicyclic) bond motifs is 1. The molecule has 150 valence electrons. The number of H-pyrrole nitrogens is 1. The molecule has 0 radical (unpaired) electrons. The lowest BCUT2D eigenvalue weighted by molar-refractivity contribution is -0.130. The zero-order chi connectivity index (χ0) is 20.8. The average molecular weight is 413 g/mol. The van der Waals surface area contributed by atoms with Crippen LogP contribution in [0.3, 0.4) is 0 Å². The van der Waals surface area contributed by atoms with Gasteiger partial charge in [-0.2, -0.15) is 0 Å². The summed E-state index contributed by atoms with van der Waals surface area (Å²) < 4.78 is 0. The standard InChI is InChI=1S/C21H21ClN4O3/c1-2-10-26(19(27)12-23-20(28)14-6-4-3-5-7-14)13-18-24-17-11-15(22)8-9-16(17)21(29)25-18/h3-9,11H,2,10,12-13H2,1H3,(H,23,28)(H,24,25,29). The van der Waals surface area contributed by atoms with Crippen molar-refractivity contribution in [2.75, 3.05) is 13.1 Å². The van der Waals surface area contributed by atoms with E-state index in [2.05, 4.69) is 15.3 Å². The third-order valence-electron chi connectivity index (χ3n) is 4.34. The third kappa shape index (κ3) is 5.20. The van der Waals surface area contributed by atoms with Gasteiger partial charge in [0, 0.05) is 17.1 Å². The molecule has 0 aliphatic rings. The van der Waals surface area contributed by atoms with E-state index in [9.17, 15) is 14.4 Å². The number of carbonyl (C=O) groups is 2. The summed E-state index contributed by atoms with van der Waals surface area (Å²) in [5, 5.41) is 3.54. The van der Waals surface area contributed by atoms with Crippen LogP contribution in [0.25, 0.3) is 10.9 Å². The minimum Gasteiger partial charge on any atom is -0.343 e. The molecule has 3 rings (SSSR count). The van der Waals surface area contributed by atoms with Gasteiger partial charge in [-0.05, 0) is 36.8 Å². The normalized spacial score (nSPS) is 10.7. The van der Waals surface area contributed by atoms with Crippen molar-refractivity contribution in [1.29, 1.82) is 0 Å². The fourth-order valence-corrected chi connectivity index (χ4v) is 3.10. The lowest BCUT2D eigenvalue weighted by Crippen LogP contribution is -2.40. The van der Waals surface area contributed by atoms with Crippen molar-refractivity contribution in [3.8, 4) is 0 Å². The second-order valence-electron chi connectivity index (χ2n) is 6.54. The van der Waals surface area contributed by atoms with Gasteiger partial charge in [-0.25, -0.2) is 4.98 Å². The zero-order valence-electron chi connectivity index (χ0n) is 15.9. The van der Waals surface area contributed by atoms with Gasteiger partial charge < -0.3 is 15.2 Å². The van der Waals surface area contributed by atoms with Crippen LogP contribution in [0.5, 0.6) is 0 Å². The van der Waals surface area contributed by atoms with Gasteiger partial charge in [0.1, 0.15) is 5.82 Å². The molecule has 7 nitrogen and oxygen atoms in total. The molecule has 0 saturated carbocycles. The zero-order valence-corrected chi connectivity index (χ0v) is 16.7. The number of nitrogens with zero attached hydrogens (tertiary/aromatic N) is 2. The van der Waals surface area contributed by atoms with Gasteiger partial charge in [0.2, 0.25) is 5.91 Å². The number of hydrogen-bond acceptors (Lipinski definition) is 4. The first kappa shape index (κ1) is 20.5. The molecule has 0 bridgehead atoms. The van der Waals surface area contributed by atoms with Crippen LogP contribution in [-0.4, -0.2) is 39.8 Å². The average Bonchev–Trinajstić information content (AvgIpc) is 2.71. The van der Waals surface area contributed by atoms with E-state index in [0.29, 0.717) is 33.9 Å². The van der Waals surface area contributed by atoms with E-state index in [4.69, 9.17) is 11.6 Å². The maximum absolute atomic E-state index is 12.6. The SMILES string of the molecule is CCCN(Cc1nc2cc(Cl)ccc2c(=O)[nH]1)C(=O)CNC(=O)c1ccccc1. The van der Waals surface area contributed by atoms with E-state index in [0.717, 1.165) is 6.42 Å². The van der Waals surface area contributed by atoms with Crippen molar-refractivity contribution in [2.24, 2.45) is 0 Å². The molecule has 0 fully saturated rings.